The van der Waals surface area contributed by atoms with Crippen LogP contribution in [0.15, 0.2) is 42.5 Å². The number of hydrogen-bond acceptors (Lipinski definition) is 2. The summed E-state index contributed by atoms with van der Waals surface area (Å²) in [6.45, 7) is 0. The van der Waals surface area contributed by atoms with Crippen molar-refractivity contribution in [3.05, 3.63) is 63.9 Å². The first-order chi connectivity index (χ1) is 10.4. The zero-order chi connectivity index (χ0) is 16.3. The van der Waals surface area contributed by atoms with Crippen molar-refractivity contribution in [2.24, 2.45) is 0 Å². The number of benzene rings is 2. The molecule has 0 saturated carbocycles. The number of anilines is 1. The summed E-state index contributed by atoms with van der Waals surface area (Å²) in [7, 11) is 1.47. The number of imide groups is 1. The van der Waals surface area contributed by atoms with E-state index in [9.17, 15) is 14.0 Å². The van der Waals surface area contributed by atoms with E-state index in [-0.39, 0.29) is 10.6 Å². The van der Waals surface area contributed by atoms with Gasteiger partial charge in [0.25, 0.3) is 5.91 Å². The molecular formula is C15H11Cl2FN2O2. The summed E-state index contributed by atoms with van der Waals surface area (Å²) >= 11 is 11.5. The Kier molecular flexibility index (Phi) is 5.00. The first-order valence-electron chi connectivity index (χ1n) is 6.19. The van der Waals surface area contributed by atoms with Gasteiger partial charge in [0.05, 0.1) is 10.6 Å². The van der Waals surface area contributed by atoms with Crippen LogP contribution in [0.2, 0.25) is 10.0 Å². The molecule has 1 N–H and O–H groups in total. The normalized spacial score (nSPS) is 10.2. The van der Waals surface area contributed by atoms with E-state index < -0.39 is 17.8 Å². The Balaban J connectivity index is 2.14. The molecular weight excluding hydrogens is 330 g/mol. The zero-order valence-electron chi connectivity index (χ0n) is 11.4. The Morgan fingerprint density at radius 3 is 2.32 bits per heavy atom. The maximum absolute atomic E-state index is 13.6. The van der Waals surface area contributed by atoms with Gasteiger partial charge in [0.15, 0.2) is 0 Å². The molecule has 7 heteroatoms. The zero-order valence-corrected chi connectivity index (χ0v) is 13.0. The summed E-state index contributed by atoms with van der Waals surface area (Å²) in [5.74, 6) is -1.71. The van der Waals surface area contributed by atoms with Gasteiger partial charge in [-0.2, -0.15) is 0 Å². The number of nitrogens with one attached hydrogen (secondary N) is 1. The number of urea groups is 1. The summed E-state index contributed by atoms with van der Waals surface area (Å²) in [5.41, 5.74) is 0.149. The number of amides is 3. The SMILES string of the molecule is CN(C(=O)NC(=O)c1c(F)cccc1Cl)c1ccc(Cl)cc1. The molecule has 0 aliphatic heterocycles. The molecule has 0 radical (unpaired) electrons. The van der Waals surface area contributed by atoms with Gasteiger partial charge in [-0.15, -0.1) is 0 Å². The third-order valence-corrected chi connectivity index (χ3v) is 3.50. The molecule has 0 aliphatic carbocycles. The first-order valence-corrected chi connectivity index (χ1v) is 6.94. The molecule has 22 heavy (non-hydrogen) atoms. The van der Waals surface area contributed by atoms with Crippen LogP contribution in [0.1, 0.15) is 10.4 Å². The highest BCUT2D eigenvalue weighted by molar-refractivity contribution is 6.34. The average molecular weight is 341 g/mol. The van der Waals surface area contributed by atoms with E-state index >= 15 is 0 Å². The van der Waals surface area contributed by atoms with E-state index in [0.717, 1.165) is 6.07 Å². The molecule has 2 aromatic rings. The van der Waals surface area contributed by atoms with Crippen LogP contribution >= 0.6 is 23.2 Å². The molecule has 0 bridgehead atoms. The molecule has 0 atom stereocenters. The van der Waals surface area contributed by atoms with Crippen LogP contribution in [0.25, 0.3) is 0 Å². The van der Waals surface area contributed by atoms with Crippen LogP contribution in [0.3, 0.4) is 0 Å². The summed E-state index contributed by atoms with van der Waals surface area (Å²) in [6, 6.07) is 9.56. The third kappa shape index (κ3) is 3.55. The fourth-order valence-electron chi connectivity index (χ4n) is 1.74. The fourth-order valence-corrected chi connectivity index (χ4v) is 2.11. The predicted molar refractivity (Wildman–Crippen MR) is 84.1 cm³/mol. The van der Waals surface area contributed by atoms with Gasteiger partial charge >= 0.3 is 6.03 Å². The summed E-state index contributed by atoms with van der Waals surface area (Å²) in [4.78, 5) is 25.2. The Hall–Kier alpha value is -2.11. The lowest BCUT2D eigenvalue weighted by molar-refractivity contribution is 0.0962. The number of carbonyl (C=O) groups excluding carboxylic acids is 2. The van der Waals surface area contributed by atoms with Crippen molar-refractivity contribution in [3.63, 3.8) is 0 Å². The van der Waals surface area contributed by atoms with Gasteiger partial charge in [-0.25, -0.2) is 9.18 Å². The van der Waals surface area contributed by atoms with Crippen molar-refractivity contribution in [1.29, 1.82) is 0 Å². The third-order valence-electron chi connectivity index (χ3n) is 2.93. The van der Waals surface area contributed by atoms with Crippen LogP contribution in [0, 0.1) is 5.82 Å². The Morgan fingerprint density at radius 1 is 1.09 bits per heavy atom. The molecule has 114 valence electrons. The van der Waals surface area contributed by atoms with Crippen LogP contribution in [0.5, 0.6) is 0 Å². The molecule has 3 amide bonds. The van der Waals surface area contributed by atoms with E-state index in [2.05, 4.69) is 5.32 Å². The lowest BCUT2D eigenvalue weighted by Gasteiger charge is -2.17. The standard InChI is InChI=1S/C15H11Cl2FN2O2/c1-20(10-7-5-9(16)6-8-10)15(22)19-14(21)13-11(17)3-2-4-12(13)18/h2-8H,1H3,(H,19,21,22). The number of halogens is 3. The molecule has 0 heterocycles. The van der Waals surface area contributed by atoms with Crippen molar-refractivity contribution in [2.45, 2.75) is 0 Å². The minimum absolute atomic E-state index is 0.0700. The first kappa shape index (κ1) is 16.3. The number of hydrogen-bond donors (Lipinski definition) is 1. The second-order valence-electron chi connectivity index (χ2n) is 4.39. The highest BCUT2D eigenvalue weighted by Crippen LogP contribution is 2.20. The van der Waals surface area contributed by atoms with E-state index in [1.165, 1.54) is 24.1 Å². The minimum atomic E-state index is -0.908. The fraction of sp³-hybridized carbons (Fsp3) is 0.0667. The largest absolute Gasteiger partial charge is 0.328 e. The lowest BCUT2D eigenvalue weighted by atomic mass is 10.2. The molecule has 0 saturated heterocycles. The molecule has 0 aromatic heterocycles. The lowest BCUT2D eigenvalue weighted by Crippen LogP contribution is -2.41. The van der Waals surface area contributed by atoms with Gasteiger partial charge in [0, 0.05) is 17.8 Å². The molecule has 0 unspecified atom stereocenters. The molecule has 2 rings (SSSR count). The quantitative estimate of drug-likeness (QED) is 0.893. The van der Waals surface area contributed by atoms with Crippen LogP contribution < -0.4 is 10.2 Å². The smallest absolute Gasteiger partial charge is 0.297 e. The number of rotatable bonds is 2. The Bertz CT molecular complexity index is 700. The van der Waals surface area contributed by atoms with Crippen molar-refractivity contribution >= 4 is 40.8 Å². The predicted octanol–water partition coefficient (Wildman–Crippen LogP) is 4.12. The van der Waals surface area contributed by atoms with Gasteiger partial charge in [-0.3, -0.25) is 15.0 Å². The second kappa shape index (κ2) is 6.77. The van der Waals surface area contributed by atoms with Crippen LogP contribution in [-0.4, -0.2) is 19.0 Å². The summed E-state index contributed by atoms with van der Waals surface area (Å²) < 4.78 is 13.6. The van der Waals surface area contributed by atoms with Gasteiger partial charge in [-0.05, 0) is 36.4 Å². The van der Waals surface area contributed by atoms with Gasteiger partial charge in [0.1, 0.15) is 5.82 Å². The highest BCUT2D eigenvalue weighted by Gasteiger charge is 2.20. The van der Waals surface area contributed by atoms with Gasteiger partial charge in [0.2, 0.25) is 0 Å². The van der Waals surface area contributed by atoms with E-state index in [1.54, 1.807) is 24.3 Å². The van der Waals surface area contributed by atoms with Gasteiger partial charge < -0.3 is 0 Å². The highest BCUT2D eigenvalue weighted by atomic mass is 35.5. The van der Waals surface area contributed by atoms with Crippen molar-refractivity contribution < 1.29 is 14.0 Å². The minimum Gasteiger partial charge on any atom is -0.297 e. The van der Waals surface area contributed by atoms with Crippen molar-refractivity contribution in [2.75, 3.05) is 11.9 Å². The summed E-state index contributed by atoms with van der Waals surface area (Å²) in [5, 5.41) is 2.53. The Labute approximate surface area is 136 Å². The maximum Gasteiger partial charge on any atom is 0.328 e. The second-order valence-corrected chi connectivity index (χ2v) is 5.24. The van der Waals surface area contributed by atoms with Crippen LogP contribution in [0.4, 0.5) is 14.9 Å². The number of nitrogens with zero attached hydrogens (tertiary/aromatic N) is 1. The average Bonchev–Trinajstić information content (AvgIpc) is 2.47. The Morgan fingerprint density at radius 2 is 1.73 bits per heavy atom. The molecule has 4 nitrogen and oxygen atoms in total. The summed E-state index contributed by atoms with van der Waals surface area (Å²) in [6.07, 6.45) is 0. The van der Waals surface area contributed by atoms with E-state index in [4.69, 9.17) is 23.2 Å². The van der Waals surface area contributed by atoms with Crippen molar-refractivity contribution in [1.82, 2.24) is 5.32 Å². The topological polar surface area (TPSA) is 49.4 Å². The maximum atomic E-state index is 13.6. The van der Waals surface area contributed by atoms with Crippen LogP contribution in [-0.2, 0) is 0 Å². The molecule has 0 aliphatic rings. The van der Waals surface area contributed by atoms with E-state index in [0.29, 0.717) is 10.7 Å². The molecule has 2 aromatic carbocycles. The monoisotopic (exact) mass is 340 g/mol. The molecule has 0 fully saturated rings. The molecule has 0 spiro atoms. The van der Waals surface area contributed by atoms with Gasteiger partial charge in [-0.1, -0.05) is 29.3 Å². The van der Waals surface area contributed by atoms with E-state index in [1.807, 2.05) is 0 Å². The van der Waals surface area contributed by atoms with Crippen molar-refractivity contribution in [3.8, 4) is 0 Å². The number of carbonyl (C=O) groups is 2.